The lowest BCUT2D eigenvalue weighted by Gasteiger charge is -2.35. The summed E-state index contributed by atoms with van der Waals surface area (Å²) in [6.07, 6.45) is 3.05. The molecule has 1 aliphatic heterocycles. The fourth-order valence-electron chi connectivity index (χ4n) is 2.79. The van der Waals surface area contributed by atoms with Crippen LogP contribution in [0.15, 0.2) is 12.7 Å². The minimum absolute atomic E-state index is 0.00897. The molecule has 0 aromatic rings. The topological polar surface area (TPSA) is 58.6 Å². The van der Waals surface area contributed by atoms with Gasteiger partial charge >= 0.3 is 6.03 Å². The summed E-state index contributed by atoms with van der Waals surface area (Å²) in [6, 6.07) is -0.388. The maximum absolute atomic E-state index is 12.6. The SMILES string of the molecule is C=CCC(C)(C)C(=O)NC(=O)N1[C@@H](CC(C)C)COC1(C)C. The van der Waals surface area contributed by atoms with E-state index in [1.54, 1.807) is 24.8 Å². The number of rotatable bonds is 5. The van der Waals surface area contributed by atoms with Gasteiger partial charge in [0.2, 0.25) is 5.91 Å². The molecule has 126 valence electrons. The Hall–Kier alpha value is -1.36. The van der Waals surface area contributed by atoms with Crippen molar-refractivity contribution in [2.24, 2.45) is 11.3 Å². The molecule has 22 heavy (non-hydrogen) atoms. The van der Waals surface area contributed by atoms with E-state index in [1.807, 2.05) is 13.8 Å². The lowest BCUT2D eigenvalue weighted by Crippen LogP contribution is -2.55. The van der Waals surface area contributed by atoms with Crippen LogP contribution in [0.2, 0.25) is 0 Å². The van der Waals surface area contributed by atoms with Crippen LogP contribution in [-0.4, -0.2) is 35.2 Å². The zero-order chi connectivity index (χ0) is 17.1. The fraction of sp³-hybridized carbons (Fsp3) is 0.765. The van der Waals surface area contributed by atoms with Gasteiger partial charge in [0.05, 0.1) is 12.6 Å². The van der Waals surface area contributed by atoms with Crippen molar-refractivity contribution in [1.82, 2.24) is 10.2 Å². The van der Waals surface area contributed by atoms with Crippen LogP contribution in [0.1, 0.15) is 54.4 Å². The largest absolute Gasteiger partial charge is 0.354 e. The van der Waals surface area contributed by atoms with Gasteiger partial charge in [0.1, 0.15) is 5.72 Å². The Kier molecular flexibility index (Phi) is 5.79. The van der Waals surface area contributed by atoms with E-state index < -0.39 is 11.1 Å². The van der Waals surface area contributed by atoms with Gasteiger partial charge in [-0.05, 0) is 32.6 Å². The summed E-state index contributed by atoms with van der Waals surface area (Å²) in [5.74, 6) is 0.161. The Morgan fingerprint density at radius 3 is 2.55 bits per heavy atom. The number of hydrogen-bond acceptors (Lipinski definition) is 3. The average molecular weight is 310 g/mol. The number of carbonyl (C=O) groups excluding carboxylic acids is 2. The van der Waals surface area contributed by atoms with Gasteiger partial charge in [0, 0.05) is 5.41 Å². The second kappa shape index (κ2) is 6.82. The molecule has 0 aliphatic carbocycles. The smallest absolute Gasteiger partial charge is 0.326 e. The van der Waals surface area contributed by atoms with E-state index in [-0.39, 0.29) is 18.0 Å². The predicted molar refractivity (Wildman–Crippen MR) is 87.2 cm³/mol. The zero-order valence-corrected chi connectivity index (χ0v) is 14.7. The van der Waals surface area contributed by atoms with Crippen LogP contribution < -0.4 is 5.32 Å². The molecule has 1 fully saturated rings. The molecule has 5 nitrogen and oxygen atoms in total. The van der Waals surface area contributed by atoms with Crippen molar-refractivity contribution in [2.75, 3.05) is 6.61 Å². The molecule has 0 spiro atoms. The number of imide groups is 1. The molecule has 0 aromatic heterocycles. The molecule has 0 unspecified atom stereocenters. The first-order valence-corrected chi connectivity index (χ1v) is 7.91. The first-order chi connectivity index (χ1) is 10.0. The van der Waals surface area contributed by atoms with Gasteiger partial charge in [-0.25, -0.2) is 4.79 Å². The summed E-state index contributed by atoms with van der Waals surface area (Å²) in [7, 11) is 0. The Bertz CT molecular complexity index is 441. The molecule has 3 amide bonds. The van der Waals surface area contributed by atoms with Gasteiger partial charge in [-0.3, -0.25) is 15.0 Å². The second-order valence-corrected chi connectivity index (χ2v) is 7.55. The van der Waals surface area contributed by atoms with Gasteiger partial charge in [0.15, 0.2) is 0 Å². The van der Waals surface area contributed by atoms with E-state index in [1.165, 1.54) is 0 Å². The van der Waals surface area contributed by atoms with Crippen LogP contribution in [0, 0.1) is 11.3 Å². The lowest BCUT2D eigenvalue weighted by atomic mass is 9.88. The van der Waals surface area contributed by atoms with E-state index >= 15 is 0 Å². The van der Waals surface area contributed by atoms with E-state index in [2.05, 4.69) is 25.7 Å². The van der Waals surface area contributed by atoms with Crippen LogP contribution in [0.3, 0.4) is 0 Å². The van der Waals surface area contributed by atoms with Gasteiger partial charge in [0.25, 0.3) is 0 Å². The molecule has 0 aromatic carbocycles. The van der Waals surface area contributed by atoms with Gasteiger partial charge in [-0.2, -0.15) is 0 Å². The van der Waals surface area contributed by atoms with Gasteiger partial charge < -0.3 is 4.74 Å². The standard InChI is InChI=1S/C17H30N2O3/c1-8-9-16(4,5)14(20)18-15(21)19-13(10-12(2)3)11-22-17(19,6)7/h8,12-13H,1,9-11H2,2-7H3,(H,18,20,21)/t13-/m0/s1. The van der Waals surface area contributed by atoms with Crippen molar-refractivity contribution in [3.63, 3.8) is 0 Å². The van der Waals surface area contributed by atoms with Crippen molar-refractivity contribution < 1.29 is 14.3 Å². The summed E-state index contributed by atoms with van der Waals surface area (Å²) >= 11 is 0. The summed E-state index contributed by atoms with van der Waals surface area (Å²) in [4.78, 5) is 26.6. The summed E-state index contributed by atoms with van der Waals surface area (Å²) in [6.45, 7) is 15.7. The third-order valence-electron chi connectivity index (χ3n) is 4.03. The van der Waals surface area contributed by atoms with Crippen LogP contribution in [0.25, 0.3) is 0 Å². The number of amides is 3. The highest BCUT2D eigenvalue weighted by Gasteiger charge is 2.44. The minimum Gasteiger partial charge on any atom is -0.354 e. The minimum atomic E-state index is -0.702. The summed E-state index contributed by atoms with van der Waals surface area (Å²) < 4.78 is 5.74. The molecule has 1 N–H and O–H groups in total. The molecule has 1 rings (SSSR count). The molecule has 1 atom stereocenters. The van der Waals surface area contributed by atoms with E-state index in [0.717, 1.165) is 6.42 Å². The van der Waals surface area contributed by atoms with Gasteiger partial charge in [-0.1, -0.05) is 33.8 Å². The predicted octanol–water partition coefficient (Wildman–Crippen LogP) is 3.31. The van der Waals surface area contributed by atoms with Crippen molar-refractivity contribution in [3.05, 3.63) is 12.7 Å². The highest BCUT2D eigenvalue weighted by atomic mass is 16.5. The van der Waals surface area contributed by atoms with E-state index in [9.17, 15) is 9.59 Å². The first kappa shape index (κ1) is 18.7. The van der Waals surface area contributed by atoms with Crippen molar-refractivity contribution >= 4 is 11.9 Å². The lowest BCUT2D eigenvalue weighted by molar-refractivity contribution is -0.128. The van der Waals surface area contributed by atoms with Gasteiger partial charge in [-0.15, -0.1) is 6.58 Å². The highest BCUT2D eigenvalue weighted by Crippen LogP contribution is 2.31. The molecular weight excluding hydrogens is 280 g/mol. The van der Waals surface area contributed by atoms with E-state index in [0.29, 0.717) is 18.9 Å². The Labute approximate surface area is 134 Å². The Morgan fingerprint density at radius 1 is 1.45 bits per heavy atom. The number of carbonyl (C=O) groups is 2. The zero-order valence-electron chi connectivity index (χ0n) is 14.7. The average Bonchev–Trinajstić information content (AvgIpc) is 2.63. The number of ether oxygens (including phenoxy) is 1. The van der Waals surface area contributed by atoms with Crippen molar-refractivity contribution in [2.45, 2.75) is 66.2 Å². The third-order valence-corrected chi connectivity index (χ3v) is 4.03. The van der Waals surface area contributed by atoms with Crippen LogP contribution in [0.4, 0.5) is 4.79 Å². The Balaban J connectivity index is 2.84. The number of allylic oxidation sites excluding steroid dienone is 1. The number of hydrogen-bond donors (Lipinski definition) is 1. The van der Waals surface area contributed by atoms with Crippen LogP contribution in [-0.2, 0) is 9.53 Å². The van der Waals surface area contributed by atoms with Crippen molar-refractivity contribution in [3.8, 4) is 0 Å². The van der Waals surface area contributed by atoms with Crippen molar-refractivity contribution in [1.29, 1.82) is 0 Å². The first-order valence-electron chi connectivity index (χ1n) is 7.91. The molecule has 1 heterocycles. The molecule has 1 aliphatic rings. The molecule has 0 saturated carbocycles. The second-order valence-electron chi connectivity index (χ2n) is 7.55. The van der Waals surface area contributed by atoms with Crippen LogP contribution >= 0.6 is 0 Å². The van der Waals surface area contributed by atoms with Crippen LogP contribution in [0.5, 0.6) is 0 Å². The number of nitrogens with one attached hydrogen (secondary N) is 1. The monoisotopic (exact) mass is 310 g/mol. The highest BCUT2D eigenvalue weighted by molar-refractivity contribution is 5.97. The fourth-order valence-corrected chi connectivity index (χ4v) is 2.79. The molecule has 0 bridgehead atoms. The maximum Gasteiger partial charge on any atom is 0.326 e. The molecule has 0 radical (unpaired) electrons. The number of nitrogens with zero attached hydrogens (tertiary/aromatic N) is 1. The number of urea groups is 1. The molecular formula is C17H30N2O3. The Morgan fingerprint density at radius 2 is 2.05 bits per heavy atom. The molecule has 5 heteroatoms. The normalized spacial score (nSPS) is 21.0. The summed E-state index contributed by atoms with van der Waals surface area (Å²) in [5.41, 5.74) is -1.36. The third kappa shape index (κ3) is 4.32. The molecule has 1 saturated heterocycles. The van der Waals surface area contributed by atoms with E-state index in [4.69, 9.17) is 4.74 Å². The maximum atomic E-state index is 12.6. The quantitative estimate of drug-likeness (QED) is 0.793. The summed E-state index contributed by atoms with van der Waals surface area (Å²) in [5, 5.41) is 2.53.